The number of non-ortho nitro benzene ring substituents is 1. The Morgan fingerprint density at radius 3 is 2.87 bits per heavy atom. The number of amides is 1. The summed E-state index contributed by atoms with van der Waals surface area (Å²) in [5.74, 6) is -0.0417. The van der Waals surface area contributed by atoms with E-state index in [1.807, 2.05) is 0 Å². The Kier molecular flexibility index (Phi) is 4.10. The lowest BCUT2D eigenvalue weighted by Crippen LogP contribution is -2.36. The third kappa shape index (κ3) is 2.81. The van der Waals surface area contributed by atoms with Gasteiger partial charge in [0.2, 0.25) is 5.91 Å². The number of nitro benzene ring substituents is 1. The lowest BCUT2D eigenvalue weighted by molar-refractivity contribution is -0.383. The molecule has 1 aliphatic rings. The molecule has 0 saturated heterocycles. The first-order valence-electron chi connectivity index (χ1n) is 7.61. The zero-order valence-corrected chi connectivity index (χ0v) is 12.8. The third-order valence-electron chi connectivity index (χ3n) is 4.43. The van der Waals surface area contributed by atoms with Crippen LogP contribution in [0.1, 0.15) is 19.3 Å². The first kappa shape index (κ1) is 15.2. The first-order chi connectivity index (χ1) is 11.1. The van der Waals surface area contributed by atoms with Crippen LogP contribution in [0.25, 0.3) is 10.8 Å². The molecule has 2 N–H and O–H groups in total. The normalized spacial score (nSPS) is 20.4. The van der Waals surface area contributed by atoms with Gasteiger partial charge in [-0.05, 0) is 25.0 Å². The Bertz CT molecular complexity index is 762. The Labute approximate surface area is 133 Å². The molecule has 1 aromatic carbocycles. The predicted octanol–water partition coefficient (Wildman–Crippen LogP) is 2.47. The van der Waals surface area contributed by atoms with E-state index >= 15 is 0 Å². The van der Waals surface area contributed by atoms with Crippen LogP contribution < -0.4 is 10.6 Å². The maximum absolute atomic E-state index is 12.0. The van der Waals surface area contributed by atoms with Gasteiger partial charge in [0, 0.05) is 42.6 Å². The van der Waals surface area contributed by atoms with Gasteiger partial charge in [0.25, 0.3) is 5.69 Å². The fraction of sp³-hybridized carbons (Fsp3) is 0.375. The highest BCUT2D eigenvalue weighted by Crippen LogP contribution is 2.34. The van der Waals surface area contributed by atoms with Crippen molar-refractivity contribution in [2.45, 2.75) is 25.3 Å². The molecule has 3 rings (SSSR count). The monoisotopic (exact) mass is 314 g/mol. The van der Waals surface area contributed by atoms with Crippen LogP contribution in [0, 0.1) is 16.0 Å². The molecule has 23 heavy (non-hydrogen) atoms. The number of nitrogens with zero attached hydrogens (tertiary/aromatic N) is 2. The molecule has 7 nitrogen and oxygen atoms in total. The molecule has 1 aliphatic carbocycles. The zero-order chi connectivity index (χ0) is 16.4. The first-order valence-corrected chi connectivity index (χ1v) is 7.61. The lowest BCUT2D eigenvalue weighted by Gasteiger charge is -2.21. The molecule has 1 aromatic heterocycles. The third-order valence-corrected chi connectivity index (χ3v) is 4.43. The van der Waals surface area contributed by atoms with Crippen molar-refractivity contribution in [2.24, 2.45) is 5.92 Å². The highest BCUT2D eigenvalue weighted by atomic mass is 16.6. The number of rotatable bonds is 4. The summed E-state index contributed by atoms with van der Waals surface area (Å²) in [6, 6.07) is 4.98. The van der Waals surface area contributed by atoms with Gasteiger partial charge in [-0.25, -0.2) is 0 Å². The minimum Gasteiger partial charge on any atom is -0.381 e. The van der Waals surface area contributed by atoms with Crippen molar-refractivity contribution in [3.63, 3.8) is 0 Å². The van der Waals surface area contributed by atoms with Gasteiger partial charge < -0.3 is 10.6 Å². The number of hydrogen-bond acceptors (Lipinski definition) is 5. The Morgan fingerprint density at radius 1 is 1.30 bits per heavy atom. The summed E-state index contributed by atoms with van der Waals surface area (Å²) in [5, 5.41) is 18.5. The Balaban J connectivity index is 1.96. The highest BCUT2D eigenvalue weighted by Gasteiger charge is 2.32. The number of carbonyl (C=O) groups excluding carboxylic acids is 1. The number of carbonyl (C=O) groups is 1. The predicted molar refractivity (Wildman–Crippen MR) is 87.2 cm³/mol. The fourth-order valence-electron chi connectivity index (χ4n) is 3.29. The molecule has 120 valence electrons. The SMILES string of the molecule is CNC(=O)C1CCCC1Nc1ccc([N+](=O)[O-])c2cnccc12. The molecule has 0 spiro atoms. The summed E-state index contributed by atoms with van der Waals surface area (Å²) in [6.07, 6.45) is 5.86. The van der Waals surface area contributed by atoms with Gasteiger partial charge in [-0.1, -0.05) is 6.42 Å². The number of anilines is 1. The number of aromatic nitrogens is 1. The van der Waals surface area contributed by atoms with E-state index in [-0.39, 0.29) is 23.6 Å². The summed E-state index contributed by atoms with van der Waals surface area (Å²) in [7, 11) is 1.64. The van der Waals surface area contributed by atoms with Crippen LogP contribution in [0.3, 0.4) is 0 Å². The average molecular weight is 314 g/mol. The van der Waals surface area contributed by atoms with Crippen molar-refractivity contribution < 1.29 is 9.72 Å². The molecule has 0 radical (unpaired) electrons. The number of pyridine rings is 1. The fourth-order valence-corrected chi connectivity index (χ4v) is 3.29. The molecule has 0 aliphatic heterocycles. The van der Waals surface area contributed by atoms with E-state index in [0.29, 0.717) is 5.39 Å². The molecular weight excluding hydrogens is 296 g/mol. The van der Waals surface area contributed by atoms with E-state index in [4.69, 9.17) is 0 Å². The second-order valence-corrected chi connectivity index (χ2v) is 5.71. The van der Waals surface area contributed by atoms with E-state index in [2.05, 4.69) is 15.6 Å². The van der Waals surface area contributed by atoms with Gasteiger partial charge >= 0.3 is 0 Å². The van der Waals surface area contributed by atoms with Crippen LogP contribution in [0.4, 0.5) is 11.4 Å². The van der Waals surface area contributed by atoms with Crippen LogP contribution in [-0.2, 0) is 4.79 Å². The van der Waals surface area contributed by atoms with Crippen LogP contribution in [-0.4, -0.2) is 28.9 Å². The summed E-state index contributed by atoms with van der Waals surface area (Å²) >= 11 is 0. The van der Waals surface area contributed by atoms with E-state index in [1.54, 1.807) is 25.4 Å². The number of benzene rings is 1. The van der Waals surface area contributed by atoms with Crippen molar-refractivity contribution in [2.75, 3.05) is 12.4 Å². The van der Waals surface area contributed by atoms with Gasteiger partial charge in [-0.15, -0.1) is 0 Å². The molecule has 0 bridgehead atoms. The molecule has 1 fully saturated rings. The number of nitrogens with one attached hydrogen (secondary N) is 2. The average Bonchev–Trinajstić information content (AvgIpc) is 3.02. The van der Waals surface area contributed by atoms with Crippen molar-refractivity contribution >= 4 is 28.1 Å². The van der Waals surface area contributed by atoms with E-state index in [0.717, 1.165) is 30.3 Å². The molecule has 1 saturated carbocycles. The molecule has 2 unspecified atom stereocenters. The Hall–Kier alpha value is -2.70. The summed E-state index contributed by atoms with van der Waals surface area (Å²) in [5.41, 5.74) is 0.835. The maximum Gasteiger partial charge on any atom is 0.278 e. The van der Waals surface area contributed by atoms with Gasteiger partial charge in [0.15, 0.2) is 0 Å². The van der Waals surface area contributed by atoms with E-state index < -0.39 is 4.92 Å². The summed E-state index contributed by atoms with van der Waals surface area (Å²) in [4.78, 5) is 26.7. The van der Waals surface area contributed by atoms with Gasteiger partial charge in [-0.2, -0.15) is 0 Å². The summed E-state index contributed by atoms with van der Waals surface area (Å²) < 4.78 is 0. The topological polar surface area (TPSA) is 97.2 Å². The van der Waals surface area contributed by atoms with Crippen LogP contribution in [0.15, 0.2) is 30.6 Å². The maximum atomic E-state index is 12.0. The quantitative estimate of drug-likeness (QED) is 0.667. The number of hydrogen-bond donors (Lipinski definition) is 2. The summed E-state index contributed by atoms with van der Waals surface area (Å²) in [6.45, 7) is 0. The van der Waals surface area contributed by atoms with Gasteiger partial charge in [0.1, 0.15) is 0 Å². The smallest absolute Gasteiger partial charge is 0.278 e. The van der Waals surface area contributed by atoms with Crippen molar-refractivity contribution in [1.29, 1.82) is 0 Å². The molecule has 1 amide bonds. The van der Waals surface area contributed by atoms with E-state index in [9.17, 15) is 14.9 Å². The molecule has 1 heterocycles. The largest absolute Gasteiger partial charge is 0.381 e. The minimum absolute atomic E-state index is 0.0350. The molecule has 2 aromatic rings. The van der Waals surface area contributed by atoms with Crippen molar-refractivity contribution in [3.05, 3.63) is 40.7 Å². The van der Waals surface area contributed by atoms with Gasteiger partial charge in [-0.3, -0.25) is 19.9 Å². The van der Waals surface area contributed by atoms with Crippen LogP contribution >= 0.6 is 0 Å². The zero-order valence-electron chi connectivity index (χ0n) is 12.8. The lowest BCUT2D eigenvalue weighted by atomic mass is 10.0. The number of fused-ring (bicyclic) bond motifs is 1. The van der Waals surface area contributed by atoms with Gasteiger partial charge in [0.05, 0.1) is 16.2 Å². The van der Waals surface area contributed by atoms with Crippen molar-refractivity contribution in [1.82, 2.24) is 10.3 Å². The van der Waals surface area contributed by atoms with Crippen LogP contribution in [0.2, 0.25) is 0 Å². The van der Waals surface area contributed by atoms with Crippen molar-refractivity contribution in [3.8, 4) is 0 Å². The Morgan fingerprint density at radius 2 is 2.13 bits per heavy atom. The molecule has 7 heteroatoms. The second kappa shape index (κ2) is 6.20. The standard InChI is InChI=1S/C16H18N4O3/c1-17-16(21)11-3-2-4-13(11)19-14-5-6-15(20(22)23)12-9-18-8-7-10(12)14/h5-9,11,13,19H,2-4H2,1H3,(H,17,21). The molecule has 2 atom stereocenters. The number of nitro groups is 1. The minimum atomic E-state index is -0.406. The van der Waals surface area contributed by atoms with Crippen LogP contribution in [0.5, 0.6) is 0 Å². The van der Waals surface area contributed by atoms with E-state index in [1.165, 1.54) is 12.3 Å². The molecular formula is C16H18N4O3. The highest BCUT2D eigenvalue weighted by molar-refractivity contribution is 5.99. The second-order valence-electron chi connectivity index (χ2n) is 5.71.